The van der Waals surface area contributed by atoms with Crippen LogP contribution in [0.15, 0.2) is 35.1 Å². The predicted molar refractivity (Wildman–Crippen MR) is 81.7 cm³/mol. The molecule has 6 heteroatoms. The third-order valence-corrected chi connectivity index (χ3v) is 3.06. The Morgan fingerprint density at radius 1 is 1.36 bits per heavy atom. The predicted octanol–water partition coefficient (Wildman–Crippen LogP) is 1.83. The molecule has 0 N–H and O–H groups in total. The summed E-state index contributed by atoms with van der Waals surface area (Å²) < 4.78 is 11.8. The Morgan fingerprint density at radius 2 is 2.14 bits per heavy atom. The molecule has 2 aromatic rings. The maximum atomic E-state index is 12.1. The smallest absolute Gasteiger partial charge is 0.284 e. The maximum Gasteiger partial charge on any atom is 0.284 e. The zero-order chi connectivity index (χ0) is 15.9. The summed E-state index contributed by atoms with van der Waals surface area (Å²) >= 11 is 0. The number of hydrogen-bond acceptors (Lipinski definition) is 5. The molecule has 0 aliphatic carbocycles. The van der Waals surface area contributed by atoms with Crippen molar-refractivity contribution in [3.8, 4) is 23.1 Å². The molecular weight excluding hydrogens is 282 g/mol. The van der Waals surface area contributed by atoms with Crippen LogP contribution in [-0.2, 0) is 11.3 Å². The van der Waals surface area contributed by atoms with E-state index >= 15 is 0 Å². The first kappa shape index (κ1) is 15.7. The fourth-order valence-corrected chi connectivity index (χ4v) is 2.04. The van der Waals surface area contributed by atoms with Crippen LogP contribution in [0, 0.1) is 11.3 Å². The maximum absolute atomic E-state index is 12.1. The molecule has 1 aromatic carbocycles. The van der Waals surface area contributed by atoms with Crippen molar-refractivity contribution in [1.29, 1.82) is 5.26 Å². The Kier molecular flexibility index (Phi) is 5.28. The summed E-state index contributed by atoms with van der Waals surface area (Å²) in [6, 6.07) is 10.8. The van der Waals surface area contributed by atoms with Gasteiger partial charge in [0.25, 0.3) is 5.56 Å². The van der Waals surface area contributed by atoms with Crippen LogP contribution in [0.2, 0.25) is 0 Å². The number of ether oxygens (including phenoxy) is 2. The first-order valence-corrected chi connectivity index (χ1v) is 6.94. The van der Waals surface area contributed by atoms with Crippen molar-refractivity contribution in [2.45, 2.75) is 13.5 Å². The second kappa shape index (κ2) is 7.38. The van der Waals surface area contributed by atoms with Crippen molar-refractivity contribution in [2.75, 3.05) is 20.3 Å². The molecule has 6 nitrogen and oxygen atoms in total. The van der Waals surface area contributed by atoms with Gasteiger partial charge in [0, 0.05) is 12.7 Å². The van der Waals surface area contributed by atoms with E-state index in [2.05, 4.69) is 5.10 Å². The quantitative estimate of drug-likeness (QED) is 0.813. The van der Waals surface area contributed by atoms with Crippen molar-refractivity contribution in [3.05, 3.63) is 46.2 Å². The van der Waals surface area contributed by atoms with Crippen LogP contribution in [-0.4, -0.2) is 30.1 Å². The standard InChI is InChI=1S/C16H17N3O3/c1-3-22-15-7-5-4-6-13(15)14-10-12(11-17)16(20)19(18-14)8-9-21-2/h4-7,10H,3,8-9H2,1-2H3. The van der Waals surface area contributed by atoms with E-state index in [1.54, 1.807) is 7.11 Å². The number of nitrogens with zero attached hydrogens (tertiary/aromatic N) is 3. The third-order valence-electron chi connectivity index (χ3n) is 3.06. The number of aromatic nitrogens is 2. The van der Waals surface area contributed by atoms with Crippen molar-refractivity contribution in [3.63, 3.8) is 0 Å². The van der Waals surface area contributed by atoms with E-state index in [-0.39, 0.29) is 12.1 Å². The highest BCUT2D eigenvalue weighted by atomic mass is 16.5. The number of nitriles is 1. The minimum absolute atomic E-state index is 0.0485. The topological polar surface area (TPSA) is 77.1 Å². The SMILES string of the molecule is CCOc1ccccc1-c1cc(C#N)c(=O)n(CCOC)n1. The Hall–Kier alpha value is -2.65. The number of para-hydroxylation sites is 1. The molecule has 0 bridgehead atoms. The van der Waals surface area contributed by atoms with Gasteiger partial charge in [-0.25, -0.2) is 4.68 Å². The number of benzene rings is 1. The van der Waals surface area contributed by atoms with Crippen LogP contribution in [0.25, 0.3) is 11.3 Å². The summed E-state index contributed by atoms with van der Waals surface area (Å²) in [6.45, 7) is 3.04. The van der Waals surface area contributed by atoms with Crippen LogP contribution >= 0.6 is 0 Å². The van der Waals surface area contributed by atoms with Gasteiger partial charge in [-0.15, -0.1) is 0 Å². The van der Waals surface area contributed by atoms with E-state index in [0.717, 1.165) is 5.56 Å². The zero-order valence-electron chi connectivity index (χ0n) is 12.6. The van der Waals surface area contributed by atoms with Gasteiger partial charge in [-0.2, -0.15) is 10.4 Å². The lowest BCUT2D eigenvalue weighted by Crippen LogP contribution is -2.27. The Morgan fingerprint density at radius 3 is 2.82 bits per heavy atom. The summed E-state index contributed by atoms with van der Waals surface area (Å²) in [6.07, 6.45) is 0. The van der Waals surface area contributed by atoms with Gasteiger partial charge in [-0.3, -0.25) is 4.79 Å². The van der Waals surface area contributed by atoms with E-state index in [9.17, 15) is 4.79 Å². The molecule has 0 unspecified atom stereocenters. The second-order valence-corrected chi connectivity index (χ2v) is 4.51. The highest BCUT2D eigenvalue weighted by Crippen LogP contribution is 2.28. The molecule has 0 fully saturated rings. The van der Waals surface area contributed by atoms with Gasteiger partial charge in [0.15, 0.2) is 0 Å². The molecule has 0 saturated carbocycles. The molecule has 2 rings (SSSR count). The lowest BCUT2D eigenvalue weighted by Gasteiger charge is -2.11. The van der Waals surface area contributed by atoms with Gasteiger partial charge in [0.05, 0.1) is 25.5 Å². The molecular formula is C16H17N3O3. The van der Waals surface area contributed by atoms with E-state index in [1.807, 2.05) is 37.3 Å². The molecule has 0 radical (unpaired) electrons. The Labute approximate surface area is 128 Å². The first-order chi connectivity index (χ1) is 10.7. The lowest BCUT2D eigenvalue weighted by atomic mass is 10.1. The molecule has 0 aliphatic rings. The fraction of sp³-hybridized carbons (Fsp3) is 0.312. The average molecular weight is 299 g/mol. The molecule has 0 spiro atoms. The monoisotopic (exact) mass is 299 g/mol. The molecule has 0 aliphatic heterocycles. The van der Waals surface area contributed by atoms with Crippen LogP contribution < -0.4 is 10.3 Å². The Balaban J connectivity index is 2.56. The summed E-state index contributed by atoms with van der Waals surface area (Å²) in [5.74, 6) is 0.665. The van der Waals surface area contributed by atoms with Gasteiger partial charge in [0.1, 0.15) is 17.4 Å². The largest absolute Gasteiger partial charge is 0.493 e. The Bertz CT molecular complexity index is 747. The van der Waals surface area contributed by atoms with Crippen molar-refractivity contribution in [1.82, 2.24) is 9.78 Å². The van der Waals surface area contributed by atoms with Crippen LogP contribution in [0.4, 0.5) is 0 Å². The highest BCUT2D eigenvalue weighted by molar-refractivity contribution is 5.67. The minimum atomic E-state index is -0.419. The lowest BCUT2D eigenvalue weighted by molar-refractivity contribution is 0.182. The normalized spacial score (nSPS) is 10.2. The summed E-state index contributed by atoms with van der Waals surface area (Å²) in [7, 11) is 1.55. The van der Waals surface area contributed by atoms with E-state index in [0.29, 0.717) is 24.7 Å². The molecule has 114 valence electrons. The van der Waals surface area contributed by atoms with Gasteiger partial charge >= 0.3 is 0 Å². The van der Waals surface area contributed by atoms with E-state index in [1.165, 1.54) is 10.7 Å². The summed E-state index contributed by atoms with van der Waals surface area (Å²) in [5, 5.41) is 13.5. The van der Waals surface area contributed by atoms with Gasteiger partial charge in [0.2, 0.25) is 0 Å². The second-order valence-electron chi connectivity index (χ2n) is 4.51. The highest BCUT2D eigenvalue weighted by Gasteiger charge is 2.13. The van der Waals surface area contributed by atoms with Gasteiger partial charge < -0.3 is 9.47 Å². The third kappa shape index (κ3) is 3.32. The molecule has 1 heterocycles. The molecule has 22 heavy (non-hydrogen) atoms. The van der Waals surface area contributed by atoms with Crippen LogP contribution in [0.5, 0.6) is 5.75 Å². The van der Waals surface area contributed by atoms with Crippen molar-refractivity contribution < 1.29 is 9.47 Å². The van der Waals surface area contributed by atoms with E-state index < -0.39 is 5.56 Å². The van der Waals surface area contributed by atoms with Crippen LogP contribution in [0.1, 0.15) is 12.5 Å². The van der Waals surface area contributed by atoms with Crippen molar-refractivity contribution >= 4 is 0 Å². The summed E-state index contributed by atoms with van der Waals surface area (Å²) in [4.78, 5) is 12.1. The van der Waals surface area contributed by atoms with Crippen LogP contribution in [0.3, 0.4) is 0 Å². The number of methoxy groups -OCH3 is 1. The zero-order valence-corrected chi connectivity index (χ0v) is 12.6. The number of hydrogen-bond donors (Lipinski definition) is 0. The molecule has 0 amide bonds. The van der Waals surface area contributed by atoms with Gasteiger partial charge in [-0.05, 0) is 25.1 Å². The van der Waals surface area contributed by atoms with Gasteiger partial charge in [-0.1, -0.05) is 12.1 Å². The molecule has 1 aromatic heterocycles. The fourth-order valence-electron chi connectivity index (χ4n) is 2.04. The number of rotatable bonds is 6. The molecule has 0 saturated heterocycles. The summed E-state index contributed by atoms with van der Waals surface area (Å²) in [5.41, 5.74) is 0.896. The first-order valence-electron chi connectivity index (χ1n) is 6.94. The van der Waals surface area contributed by atoms with E-state index in [4.69, 9.17) is 14.7 Å². The van der Waals surface area contributed by atoms with Crippen molar-refractivity contribution in [2.24, 2.45) is 0 Å². The average Bonchev–Trinajstić information content (AvgIpc) is 2.55. The minimum Gasteiger partial charge on any atom is -0.493 e. The molecule has 0 atom stereocenters.